The van der Waals surface area contributed by atoms with Crippen molar-refractivity contribution >= 4 is 35.3 Å². The van der Waals surface area contributed by atoms with Gasteiger partial charge in [0.25, 0.3) is 5.91 Å². The van der Waals surface area contributed by atoms with E-state index in [2.05, 4.69) is 10.3 Å². The number of halogens is 1. The number of rotatable bonds is 11. The van der Waals surface area contributed by atoms with Gasteiger partial charge in [0.2, 0.25) is 0 Å². The number of amides is 1. The second-order valence-corrected chi connectivity index (χ2v) is 9.32. The first-order valence-electron chi connectivity index (χ1n) is 11.4. The van der Waals surface area contributed by atoms with Crippen molar-refractivity contribution in [3.8, 4) is 0 Å². The predicted molar refractivity (Wildman–Crippen MR) is 138 cm³/mol. The fourth-order valence-corrected chi connectivity index (χ4v) is 3.94. The number of thioether (sulfide) groups is 1. The summed E-state index contributed by atoms with van der Waals surface area (Å²) in [7, 11) is 0. The van der Waals surface area contributed by atoms with Crippen molar-refractivity contribution in [2.24, 2.45) is 0 Å². The minimum absolute atomic E-state index is 0.259. The number of carbonyl (C=O) groups is 2. The van der Waals surface area contributed by atoms with Gasteiger partial charge in [-0.05, 0) is 79.3 Å². The fourth-order valence-electron chi connectivity index (χ4n) is 3.47. The van der Waals surface area contributed by atoms with Crippen LogP contribution < -0.4 is 5.32 Å². The largest absolute Gasteiger partial charge is 0.461 e. The van der Waals surface area contributed by atoms with E-state index in [9.17, 15) is 14.0 Å². The van der Waals surface area contributed by atoms with Crippen LogP contribution in [0.15, 0.2) is 67.3 Å². The first-order chi connectivity index (χ1) is 16.9. The molecule has 0 spiro atoms. The molecule has 8 heteroatoms. The lowest BCUT2D eigenvalue weighted by Crippen LogP contribution is -2.43. The number of hydrogen-bond acceptors (Lipinski definition) is 5. The Morgan fingerprint density at radius 1 is 1.17 bits per heavy atom. The summed E-state index contributed by atoms with van der Waals surface area (Å²) in [6.07, 6.45) is 9.40. The maximum Gasteiger partial charge on any atom is 0.328 e. The number of nitrogens with zero attached hydrogens (tertiary/aromatic N) is 2. The Hall–Kier alpha value is -3.39. The van der Waals surface area contributed by atoms with E-state index in [4.69, 9.17) is 4.74 Å². The number of nitrogens with one attached hydrogen (secondary N) is 1. The molecule has 0 bridgehead atoms. The Morgan fingerprint density at radius 2 is 1.94 bits per heavy atom. The average Bonchev–Trinajstić information content (AvgIpc) is 3.34. The van der Waals surface area contributed by atoms with Crippen molar-refractivity contribution in [3.05, 3.63) is 89.8 Å². The maximum atomic E-state index is 13.5. The lowest BCUT2D eigenvalue weighted by molar-refractivity contribution is -0.149. The molecule has 3 rings (SSSR count). The summed E-state index contributed by atoms with van der Waals surface area (Å²) >= 11 is 1.60. The Labute approximate surface area is 209 Å². The molecule has 0 radical (unpaired) electrons. The molecule has 1 heterocycles. The first kappa shape index (κ1) is 26.2. The zero-order valence-corrected chi connectivity index (χ0v) is 20.9. The lowest BCUT2D eigenvalue weighted by Gasteiger charge is -2.19. The van der Waals surface area contributed by atoms with Gasteiger partial charge in [0.15, 0.2) is 0 Å². The average molecular weight is 496 g/mol. The SMILES string of the molecule is CSCC[C@H](NC(=O)c1cccc(C=C(Cn2ccnc2)c2ccc(F)cc2)c1)C(=O)OC(C)C. The van der Waals surface area contributed by atoms with Crippen molar-refractivity contribution in [2.75, 3.05) is 12.0 Å². The van der Waals surface area contributed by atoms with E-state index >= 15 is 0 Å². The summed E-state index contributed by atoms with van der Waals surface area (Å²) < 4.78 is 20.7. The number of benzene rings is 2. The second-order valence-electron chi connectivity index (χ2n) is 8.33. The van der Waals surface area contributed by atoms with Gasteiger partial charge in [0, 0.05) is 24.5 Å². The molecule has 3 aromatic rings. The summed E-state index contributed by atoms with van der Waals surface area (Å²) in [6, 6.07) is 12.8. The van der Waals surface area contributed by atoms with E-state index < -0.39 is 12.0 Å². The summed E-state index contributed by atoms with van der Waals surface area (Å²) in [5, 5.41) is 2.83. The van der Waals surface area contributed by atoms with E-state index in [0.29, 0.717) is 18.5 Å². The highest BCUT2D eigenvalue weighted by atomic mass is 32.2. The van der Waals surface area contributed by atoms with Gasteiger partial charge in [-0.3, -0.25) is 4.79 Å². The van der Waals surface area contributed by atoms with Crippen LogP contribution in [0.3, 0.4) is 0 Å². The molecule has 184 valence electrons. The number of aromatic nitrogens is 2. The van der Waals surface area contributed by atoms with Crippen LogP contribution in [0.4, 0.5) is 4.39 Å². The summed E-state index contributed by atoms with van der Waals surface area (Å²) in [6.45, 7) is 4.09. The van der Waals surface area contributed by atoms with E-state index in [1.165, 1.54) is 12.1 Å². The Bertz CT molecular complexity index is 1140. The third kappa shape index (κ3) is 8.10. The zero-order chi connectivity index (χ0) is 25.2. The minimum atomic E-state index is -0.715. The van der Waals surface area contributed by atoms with Gasteiger partial charge in [-0.1, -0.05) is 24.3 Å². The standard InChI is InChI=1S/C27H30FN3O3S/c1-19(2)34-27(33)25(11-14-35-3)30-26(32)22-6-4-5-20(15-22)16-23(17-31-13-12-29-18-31)21-7-9-24(28)10-8-21/h4-10,12-13,15-16,18-19,25H,11,14,17H2,1-3H3,(H,30,32)/t25-/m0/s1. The van der Waals surface area contributed by atoms with Gasteiger partial charge >= 0.3 is 5.97 Å². The van der Waals surface area contributed by atoms with Crippen LogP contribution in [0.2, 0.25) is 0 Å². The quantitative estimate of drug-likeness (QED) is 0.297. The third-order valence-corrected chi connectivity index (χ3v) is 5.81. The number of carbonyl (C=O) groups excluding carboxylic acids is 2. The topological polar surface area (TPSA) is 73.2 Å². The highest BCUT2D eigenvalue weighted by Crippen LogP contribution is 2.22. The Kier molecular flexibility index (Phi) is 9.66. The van der Waals surface area contributed by atoms with Crippen LogP contribution in [0.5, 0.6) is 0 Å². The van der Waals surface area contributed by atoms with E-state index in [1.54, 1.807) is 68.5 Å². The molecule has 0 aliphatic heterocycles. The van der Waals surface area contributed by atoms with Gasteiger partial charge in [0.05, 0.1) is 12.4 Å². The molecular weight excluding hydrogens is 465 g/mol. The third-order valence-electron chi connectivity index (χ3n) is 5.17. The predicted octanol–water partition coefficient (Wildman–Crippen LogP) is 5.07. The van der Waals surface area contributed by atoms with Crippen LogP contribution in [0, 0.1) is 5.82 Å². The number of esters is 1. The Balaban J connectivity index is 1.84. The molecule has 0 aliphatic rings. The minimum Gasteiger partial charge on any atom is -0.461 e. The second kappa shape index (κ2) is 12.9. The van der Waals surface area contributed by atoms with Crippen molar-refractivity contribution in [1.29, 1.82) is 0 Å². The molecule has 1 atom stereocenters. The van der Waals surface area contributed by atoms with Gasteiger partial charge in [0.1, 0.15) is 11.9 Å². The fraction of sp³-hybridized carbons (Fsp3) is 0.296. The van der Waals surface area contributed by atoms with Crippen LogP contribution in [0.1, 0.15) is 41.8 Å². The number of imidazole rings is 1. The van der Waals surface area contributed by atoms with Crippen LogP contribution in [0.25, 0.3) is 11.6 Å². The molecule has 0 saturated carbocycles. The molecule has 0 saturated heterocycles. The molecule has 1 aromatic heterocycles. The Morgan fingerprint density at radius 3 is 2.60 bits per heavy atom. The molecule has 2 aromatic carbocycles. The smallest absolute Gasteiger partial charge is 0.328 e. The molecule has 0 unspecified atom stereocenters. The number of ether oxygens (including phenoxy) is 1. The normalized spacial score (nSPS) is 12.4. The van der Waals surface area contributed by atoms with Crippen LogP contribution >= 0.6 is 11.8 Å². The maximum absolute atomic E-state index is 13.5. The highest BCUT2D eigenvalue weighted by molar-refractivity contribution is 7.98. The van der Waals surface area contributed by atoms with Crippen molar-refractivity contribution in [3.63, 3.8) is 0 Å². The molecule has 0 fully saturated rings. The number of hydrogen-bond donors (Lipinski definition) is 1. The van der Waals surface area contributed by atoms with Crippen LogP contribution in [-0.4, -0.2) is 45.6 Å². The summed E-state index contributed by atoms with van der Waals surface area (Å²) in [5.41, 5.74) is 3.04. The van der Waals surface area contributed by atoms with Crippen molar-refractivity contribution in [1.82, 2.24) is 14.9 Å². The molecule has 6 nitrogen and oxygen atoms in total. The molecule has 35 heavy (non-hydrogen) atoms. The molecule has 1 N–H and O–H groups in total. The van der Waals surface area contributed by atoms with Gasteiger partial charge in [-0.2, -0.15) is 11.8 Å². The first-order valence-corrected chi connectivity index (χ1v) is 12.8. The monoisotopic (exact) mass is 495 g/mol. The highest BCUT2D eigenvalue weighted by Gasteiger charge is 2.23. The van der Waals surface area contributed by atoms with Gasteiger partial charge in [-0.15, -0.1) is 0 Å². The van der Waals surface area contributed by atoms with Gasteiger partial charge < -0.3 is 14.6 Å². The summed E-state index contributed by atoms with van der Waals surface area (Å²) in [5.74, 6) is -0.361. The molecule has 1 amide bonds. The van der Waals surface area contributed by atoms with E-state index in [1.807, 2.05) is 29.2 Å². The molecule has 0 aliphatic carbocycles. The lowest BCUT2D eigenvalue weighted by atomic mass is 10.0. The van der Waals surface area contributed by atoms with E-state index in [0.717, 1.165) is 22.5 Å². The summed E-state index contributed by atoms with van der Waals surface area (Å²) in [4.78, 5) is 29.6. The van der Waals surface area contributed by atoms with Crippen molar-refractivity contribution in [2.45, 2.75) is 39.0 Å². The van der Waals surface area contributed by atoms with Crippen LogP contribution in [-0.2, 0) is 16.1 Å². The van der Waals surface area contributed by atoms with Gasteiger partial charge in [-0.25, -0.2) is 14.2 Å². The molecular formula is C27H30FN3O3S. The number of allylic oxidation sites excluding steroid dienone is 1. The zero-order valence-electron chi connectivity index (χ0n) is 20.1. The van der Waals surface area contributed by atoms with Crippen molar-refractivity contribution < 1.29 is 18.7 Å². The van der Waals surface area contributed by atoms with E-state index in [-0.39, 0.29) is 17.8 Å².